The molecule has 1 aromatic carbocycles. The molecule has 0 saturated heterocycles. The average molecular weight is 257 g/mol. The summed E-state index contributed by atoms with van der Waals surface area (Å²) < 4.78 is 4.94. The fourth-order valence-electron chi connectivity index (χ4n) is 1.60. The Hall–Kier alpha value is -2.81. The largest absolute Gasteiger partial charge is 0.476 e. The molecule has 6 heteroatoms. The smallest absolute Gasteiger partial charge is 0.358 e. The Bertz CT molecular complexity index is 625. The summed E-state index contributed by atoms with van der Waals surface area (Å²) in [5.74, 6) is -0.653. The third-order valence-electron chi connectivity index (χ3n) is 2.61. The molecule has 2 rings (SSSR count). The van der Waals surface area contributed by atoms with Gasteiger partial charge in [-0.25, -0.2) is 4.79 Å². The number of hydrogen-bond donors (Lipinski definition) is 1. The summed E-state index contributed by atoms with van der Waals surface area (Å²) in [6, 6.07) is 10.5. The van der Waals surface area contributed by atoms with E-state index >= 15 is 0 Å². The lowest BCUT2D eigenvalue weighted by molar-refractivity contribution is 0.0685. The van der Waals surface area contributed by atoms with Crippen LogP contribution in [0.5, 0.6) is 0 Å². The second-order valence-corrected chi connectivity index (χ2v) is 4.00. The minimum atomic E-state index is -1.11. The zero-order valence-electron chi connectivity index (χ0n) is 10.2. The monoisotopic (exact) mass is 257 g/mol. The summed E-state index contributed by atoms with van der Waals surface area (Å²) in [4.78, 5) is 12.5. The highest BCUT2D eigenvalue weighted by Gasteiger charge is 2.12. The summed E-state index contributed by atoms with van der Waals surface area (Å²) in [6.07, 6.45) is 0. The number of nitrogens with zero attached hydrogens (tertiary/aromatic N) is 3. The molecule has 0 radical (unpaired) electrons. The van der Waals surface area contributed by atoms with Crippen LogP contribution < -0.4 is 4.90 Å². The second-order valence-electron chi connectivity index (χ2n) is 4.00. The van der Waals surface area contributed by atoms with Crippen LogP contribution >= 0.6 is 0 Å². The van der Waals surface area contributed by atoms with Crippen LogP contribution in [-0.2, 0) is 6.54 Å². The Morgan fingerprint density at radius 3 is 2.68 bits per heavy atom. The lowest BCUT2D eigenvalue weighted by atomic mass is 10.2. The van der Waals surface area contributed by atoms with Gasteiger partial charge in [0.15, 0.2) is 11.5 Å². The number of carboxylic acids is 1. The first kappa shape index (κ1) is 12.6. The maximum Gasteiger partial charge on any atom is 0.358 e. The topological polar surface area (TPSA) is 90.4 Å². The SMILES string of the molecule is CN(Cc1cc(C(=O)O)no1)c1ccc(C#N)cc1. The van der Waals surface area contributed by atoms with E-state index in [1.165, 1.54) is 6.07 Å². The number of aromatic nitrogens is 1. The van der Waals surface area contributed by atoms with Gasteiger partial charge in [-0.05, 0) is 24.3 Å². The number of aromatic carboxylic acids is 1. The van der Waals surface area contributed by atoms with Gasteiger partial charge in [0.2, 0.25) is 0 Å². The molecule has 2 aromatic rings. The van der Waals surface area contributed by atoms with Crippen molar-refractivity contribution in [2.45, 2.75) is 6.54 Å². The minimum Gasteiger partial charge on any atom is -0.476 e. The third-order valence-corrected chi connectivity index (χ3v) is 2.61. The first-order valence-corrected chi connectivity index (χ1v) is 5.50. The molecule has 0 bridgehead atoms. The van der Waals surface area contributed by atoms with Crippen LogP contribution in [0.4, 0.5) is 5.69 Å². The van der Waals surface area contributed by atoms with Crippen molar-refractivity contribution in [1.29, 1.82) is 5.26 Å². The molecule has 0 amide bonds. The molecule has 0 saturated carbocycles. The molecule has 0 spiro atoms. The first-order valence-electron chi connectivity index (χ1n) is 5.50. The van der Waals surface area contributed by atoms with Gasteiger partial charge < -0.3 is 14.5 Å². The molecule has 0 aliphatic rings. The number of anilines is 1. The highest BCUT2D eigenvalue weighted by molar-refractivity contribution is 5.85. The number of carboxylic acid groups (broad SMARTS) is 1. The van der Waals surface area contributed by atoms with Crippen LogP contribution in [0.15, 0.2) is 34.9 Å². The van der Waals surface area contributed by atoms with Crippen molar-refractivity contribution in [3.05, 3.63) is 47.3 Å². The second kappa shape index (κ2) is 5.23. The standard InChI is InChI=1S/C13H11N3O3/c1-16(10-4-2-9(7-14)3-5-10)8-11-6-12(13(17)18)15-19-11/h2-6H,8H2,1H3,(H,17,18). The molecule has 1 N–H and O–H groups in total. The number of benzene rings is 1. The van der Waals surface area contributed by atoms with E-state index in [2.05, 4.69) is 5.16 Å². The minimum absolute atomic E-state index is 0.108. The molecule has 0 unspecified atom stereocenters. The van der Waals surface area contributed by atoms with Crippen LogP contribution in [0, 0.1) is 11.3 Å². The maximum absolute atomic E-state index is 10.7. The van der Waals surface area contributed by atoms with Crippen molar-refractivity contribution in [2.24, 2.45) is 0 Å². The van der Waals surface area contributed by atoms with Gasteiger partial charge in [-0.3, -0.25) is 0 Å². The third kappa shape index (κ3) is 2.90. The number of nitriles is 1. The van der Waals surface area contributed by atoms with Gasteiger partial charge in [-0.2, -0.15) is 5.26 Å². The fourth-order valence-corrected chi connectivity index (χ4v) is 1.60. The molecule has 0 aliphatic heterocycles. The highest BCUT2D eigenvalue weighted by Crippen LogP contribution is 2.16. The summed E-state index contributed by atoms with van der Waals surface area (Å²) >= 11 is 0. The normalized spacial score (nSPS) is 9.89. The summed E-state index contributed by atoms with van der Waals surface area (Å²) in [7, 11) is 1.84. The predicted molar refractivity (Wildman–Crippen MR) is 66.7 cm³/mol. The van der Waals surface area contributed by atoms with E-state index in [9.17, 15) is 4.79 Å². The average Bonchev–Trinajstić information content (AvgIpc) is 2.87. The van der Waals surface area contributed by atoms with Crippen LogP contribution in [0.1, 0.15) is 21.8 Å². The lowest BCUT2D eigenvalue weighted by Gasteiger charge is -2.17. The Balaban J connectivity index is 2.09. The van der Waals surface area contributed by atoms with Crippen LogP contribution in [0.3, 0.4) is 0 Å². The molecule has 0 atom stereocenters. The van der Waals surface area contributed by atoms with E-state index in [-0.39, 0.29) is 5.69 Å². The van der Waals surface area contributed by atoms with Crippen molar-refractivity contribution in [3.63, 3.8) is 0 Å². The molecular formula is C13H11N3O3. The highest BCUT2D eigenvalue weighted by atomic mass is 16.5. The van der Waals surface area contributed by atoms with Gasteiger partial charge in [0.1, 0.15) is 0 Å². The molecular weight excluding hydrogens is 246 g/mol. The van der Waals surface area contributed by atoms with Crippen molar-refractivity contribution >= 4 is 11.7 Å². The van der Waals surface area contributed by atoms with Crippen LogP contribution in [0.2, 0.25) is 0 Å². The first-order chi connectivity index (χ1) is 9.10. The maximum atomic E-state index is 10.7. The van der Waals surface area contributed by atoms with Crippen LogP contribution in [-0.4, -0.2) is 23.3 Å². The lowest BCUT2D eigenvalue weighted by Crippen LogP contribution is -2.15. The van der Waals surface area contributed by atoms with Crippen molar-refractivity contribution in [3.8, 4) is 6.07 Å². The van der Waals surface area contributed by atoms with Gasteiger partial charge in [0.05, 0.1) is 18.2 Å². The predicted octanol–water partition coefficient (Wildman–Crippen LogP) is 1.88. The molecule has 0 fully saturated rings. The van der Waals surface area contributed by atoms with E-state index in [1.807, 2.05) is 30.1 Å². The number of carbonyl (C=O) groups is 1. The van der Waals surface area contributed by atoms with Gasteiger partial charge >= 0.3 is 5.97 Å². The van der Waals surface area contributed by atoms with Gasteiger partial charge in [-0.15, -0.1) is 0 Å². The van der Waals surface area contributed by atoms with E-state index in [0.29, 0.717) is 17.9 Å². The van der Waals surface area contributed by atoms with Crippen molar-refractivity contribution < 1.29 is 14.4 Å². The summed E-state index contributed by atoms with van der Waals surface area (Å²) in [5.41, 5.74) is 1.38. The number of hydrogen-bond acceptors (Lipinski definition) is 5. The van der Waals surface area contributed by atoms with E-state index < -0.39 is 5.97 Å². The van der Waals surface area contributed by atoms with E-state index in [0.717, 1.165) is 5.69 Å². The van der Waals surface area contributed by atoms with E-state index in [1.54, 1.807) is 12.1 Å². The molecule has 0 aliphatic carbocycles. The zero-order chi connectivity index (χ0) is 13.8. The Morgan fingerprint density at radius 2 is 2.16 bits per heavy atom. The van der Waals surface area contributed by atoms with Crippen molar-refractivity contribution in [1.82, 2.24) is 5.16 Å². The summed E-state index contributed by atoms with van der Waals surface area (Å²) in [5, 5.41) is 20.9. The Labute approximate surface area is 109 Å². The summed E-state index contributed by atoms with van der Waals surface area (Å²) in [6.45, 7) is 0.395. The Morgan fingerprint density at radius 1 is 1.47 bits per heavy atom. The number of rotatable bonds is 4. The molecule has 19 heavy (non-hydrogen) atoms. The molecule has 6 nitrogen and oxygen atoms in total. The fraction of sp³-hybridized carbons (Fsp3) is 0.154. The van der Waals surface area contributed by atoms with E-state index in [4.69, 9.17) is 14.9 Å². The molecule has 96 valence electrons. The van der Waals surface area contributed by atoms with Gasteiger partial charge in [0.25, 0.3) is 0 Å². The molecule has 1 heterocycles. The van der Waals surface area contributed by atoms with Gasteiger partial charge in [-0.1, -0.05) is 5.16 Å². The van der Waals surface area contributed by atoms with Gasteiger partial charge in [0, 0.05) is 18.8 Å². The Kier molecular flexibility index (Phi) is 3.48. The quantitative estimate of drug-likeness (QED) is 0.899. The zero-order valence-corrected chi connectivity index (χ0v) is 10.2. The van der Waals surface area contributed by atoms with Crippen LogP contribution in [0.25, 0.3) is 0 Å². The molecule has 1 aromatic heterocycles. The van der Waals surface area contributed by atoms with Crippen molar-refractivity contribution in [2.75, 3.05) is 11.9 Å².